The van der Waals surface area contributed by atoms with E-state index in [0.29, 0.717) is 22.2 Å². The highest BCUT2D eigenvalue weighted by atomic mass is 35.5. The van der Waals surface area contributed by atoms with Crippen molar-refractivity contribution in [2.24, 2.45) is 0 Å². The highest BCUT2D eigenvalue weighted by Crippen LogP contribution is 2.31. The molecule has 0 radical (unpaired) electrons. The van der Waals surface area contributed by atoms with Gasteiger partial charge in [0.1, 0.15) is 5.00 Å². The highest BCUT2D eigenvalue weighted by molar-refractivity contribution is 7.10. The largest absolute Gasteiger partial charge is 0.434 e. The third-order valence-electron chi connectivity index (χ3n) is 2.12. The van der Waals surface area contributed by atoms with Gasteiger partial charge in [-0.15, -0.1) is 0 Å². The van der Waals surface area contributed by atoms with Crippen molar-refractivity contribution in [3.63, 3.8) is 0 Å². The third-order valence-corrected chi connectivity index (χ3v) is 3.06. The van der Waals surface area contributed by atoms with Crippen molar-refractivity contribution < 1.29 is 18.0 Å². The van der Waals surface area contributed by atoms with Crippen LogP contribution < -0.4 is 10.6 Å². The summed E-state index contributed by atoms with van der Waals surface area (Å²) in [6.45, 7) is 0. The van der Waals surface area contributed by atoms with Crippen LogP contribution >= 0.6 is 23.1 Å². The van der Waals surface area contributed by atoms with E-state index in [-0.39, 0.29) is 5.00 Å². The predicted molar refractivity (Wildman–Crippen MR) is 71.2 cm³/mol. The number of urea groups is 1. The fraction of sp³-hybridized carbons (Fsp3) is 0.0909. The summed E-state index contributed by atoms with van der Waals surface area (Å²) < 4.78 is 40.2. The zero-order valence-electron chi connectivity index (χ0n) is 9.66. The van der Waals surface area contributed by atoms with Crippen LogP contribution in [0.25, 0.3) is 0 Å². The lowest BCUT2D eigenvalue weighted by atomic mass is 10.3. The quantitative estimate of drug-likeness (QED) is 0.858. The van der Waals surface area contributed by atoms with E-state index in [1.165, 1.54) is 6.07 Å². The van der Waals surface area contributed by atoms with Gasteiger partial charge in [0.15, 0.2) is 5.69 Å². The van der Waals surface area contributed by atoms with Crippen LogP contribution in [0.15, 0.2) is 30.3 Å². The van der Waals surface area contributed by atoms with E-state index in [4.69, 9.17) is 11.6 Å². The number of carbonyl (C=O) groups is 1. The molecule has 0 saturated carbocycles. The molecule has 0 bridgehead atoms. The van der Waals surface area contributed by atoms with Crippen LogP contribution in [-0.4, -0.2) is 10.4 Å². The van der Waals surface area contributed by atoms with Crippen LogP contribution in [-0.2, 0) is 6.18 Å². The van der Waals surface area contributed by atoms with E-state index < -0.39 is 17.9 Å². The van der Waals surface area contributed by atoms with Crippen LogP contribution in [0, 0.1) is 0 Å². The Kier molecular flexibility index (Phi) is 4.15. The molecule has 0 fully saturated rings. The smallest absolute Gasteiger partial charge is 0.308 e. The highest BCUT2D eigenvalue weighted by Gasteiger charge is 2.34. The molecule has 1 heterocycles. The van der Waals surface area contributed by atoms with Gasteiger partial charge in [-0.05, 0) is 29.7 Å². The summed E-state index contributed by atoms with van der Waals surface area (Å²) in [4.78, 5) is 11.6. The first-order valence-corrected chi connectivity index (χ1v) is 6.37. The van der Waals surface area contributed by atoms with Gasteiger partial charge in [-0.25, -0.2) is 4.79 Å². The molecule has 1 aromatic carbocycles. The van der Waals surface area contributed by atoms with E-state index >= 15 is 0 Å². The van der Waals surface area contributed by atoms with Crippen molar-refractivity contribution in [2.75, 3.05) is 10.6 Å². The minimum Gasteiger partial charge on any atom is -0.308 e. The van der Waals surface area contributed by atoms with Gasteiger partial charge in [0.25, 0.3) is 0 Å². The average Bonchev–Trinajstić information content (AvgIpc) is 2.76. The monoisotopic (exact) mass is 321 g/mol. The molecule has 9 heteroatoms. The second kappa shape index (κ2) is 5.68. The van der Waals surface area contributed by atoms with Crippen LogP contribution in [0.4, 0.5) is 28.7 Å². The van der Waals surface area contributed by atoms with Gasteiger partial charge in [-0.1, -0.05) is 17.7 Å². The minimum atomic E-state index is -4.53. The summed E-state index contributed by atoms with van der Waals surface area (Å²) >= 11 is 6.29. The first-order valence-electron chi connectivity index (χ1n) is 5.22. The topological polar surface area (TPSA) is 54.0 Å². The zero-order chi connectivity index (χ0) is 14.8. The Morgan fingerprint density at radius 3 is 2.60 bits per heavy atom. The number of nitrogens with one attached hydrogen (secondary N) is 2. The van der Waals surface area contributed by atoms with Crippen molar-refractivity contribution in [3.05, 3.63) is 41.0 Å². The van der Waals surface area contributed by atoms with E-state index in [9.17, 15) is 18.0 Å². The molecule has 20 heavy (non-hydrogen) atoms. The number of aromatic nitrogens is 1. The van der Waals surface area contributed by atoms with E-state index in [2.05, 4.69) is 15.0 Å². The fourth-order valence-corrected chi connectivity index (χ4v) is 2.15. The maximum atomic E-state index is 12.3. The molecule has 0 aliphatic carbocycles. The van der Waals surface area contributed by atoms with Gasteiger partial charge < -0.3 is 5.32 Å². The zero-order valence-corrected chi connectivity index (χ0v) is 11.2. The van der Waals surface area contributed by atoms with Crippen molar-refractivity contribution in [1.82, 2.24) is 4.37 Å². The lowest BCUT2D eigenvalue weighted by Gasteiger charge is -2.05. The second-order valence-electron chi connectivity index (χ2n) is 3.66. The van der Waals surface area contributed by atoms with Gasteiger partial charge in [0.2, 0.25) is 0 Å². The number of halogens is 4. The molecule has 0 aliphatic heterocycles. The van der Waals surface area contributed by atoms with Gasteiger partial charge in [0.05, 0.1) is 0 Å². The van der Waals surface area contributed by atoms with E-state index in [0.717, 1.165) is 6.07 Å². The molecule has 2 aromatic rings. The van der Waals surface area contributed by atoms with Crippen molar-refractivity contribution in [3.8, 4) is 0 Å². The maximum absolute atomic E-state index is 12.3. The van der Waals surface area contributed by atoms with E-state index in [1.807, 2.05) is 0 Å². The van der Waals surface area contributed by atoms with Crippen LogP contribution in [0.3, 0.4) is 0 Å². The second-order valence-corrected chi connectivity index (χ2v) is 4.91. The molecule has 0 saturated heterocycles. The summed E-state index contributed by atoms with van der Waals surface area (Å²) in [5.41, 5.74) is -0.615. The Morgan fingerprint density at radius 1 is 1.25 bits per heavy atom. The van der Waals surface area contributed by atoms with Crippen molar-refractivity contribution >= 4 is 39.9 Å². The lowest BCUT2D eigenvalue weighted by Crippen LogP contribution is -2.18. The Morgan fingerprint density at radius 2 is 2.00 bits per heavy atom. The minimum absolute atomic E-state index is 0.00291. The molecule has 106 valence electrons. The Hall–Kier alpha value is -1.80. The molecule has 0 unspecified atom stereocenters. The Bertz CT molecular complexity index is 629. The molecule has 0 atom stereocenters. The average molecular weight is 322 g/mol. The van der Waals surface area contributed by atoms with Gasteiger partial charge in [0, 0.05) is 16.8 Å². The van der Waals surface area contributed by atoms with Gasteiger partial charge in [-0.3, -0.25) is 5.32 Å². The number of rotatable bonds is 2. The normalized spacial score (nSPS) is 11.2. The Balaban J connectivity index is 2.00. The molecule has 1 aromatic heterocycles. The molecular formula is C11H7ClF3N3OS. The van der Waals surface area contributed by atoms with Crippen LogP contribution in [0.5, 0.6) is 0 Å². The number of anilines is 2. The third kappa shape index (κ3) is 3.84. The first-order chi connectivity index (χ1) is 9.34. The number of carbonyl (C=O) groups excluding carboxylic acids is 1. The molecule has 0 aliphatic rings. The van der Waals surface area contributed by atoms with Crippen molar-refractivity contribution in [1.29, 1.82) is 0 Å². The summed E-state index contributed by atoms with van der Waals surface area (Å²) in [5.74, 6) is 0. The number of hydrogen-bond donors (Lipinski definition) is 2. The maximum Gasteiger partial charge on any atom is 0.434 e. The number of benzene rings is 1. The van der Waals surface area contributed by atoms with Gasteiger partial charge >= 0.3 is 12.2 Å². The van der Waals surface area contributed by atoms with Crippen LogP contribution in [0.2, 0.25) is 5.02 Å². The standard InChI is InChI=1S/C11H7ClF3N3OS/c12-6-2-1-3-7(4-6)16-10(19)17-9-5-8(18-20-9)11(13,14)15/h1-5H,(H2,16,17,19). The van der Waals surface area contributed by atoms with Crippen molar-refractivity contribution in [2.45, 2.75) is 6.18 Å². The summed E-state index contributed by atoms with van der Waals surface area (Å²) in [7, 11) is 0. The number of hydrogen-bond acceptors (Lipinski definition) is 3. The first kappa shape index (κ1) is 14.6. The molecule has 2 rings (SSSR count). The number of amides is 2. The lowest BCUT2D eigenvalue weighted by molar-refractivity contribution is -0.140. The Labute approximate surface area is 120 Å². The molecule has 2 amide bonds. The van der Waals surface area contributed by atoms with E-state index in [1.54, 1.807) is 18.2 Å². The summed E-state index contributed by atoms with van der Waals surface area (Å²) in [5, 5.41) is 5.14. The predicted octanol–water partition coefficient (Wildman–Crippen LogP) is 4.46. The number of alkyl halides is 3. The molecule has 2 N–H and O–H groups in total. The molecular weight excluding hydrogens is 315 g/mol. The SMILES string of the molecule is O=C(Nc1cccc(Cl)c1)Nc1cc(C(F)(F)F)ns1. The summed E-state index contributed by atoms with van der Waals surface area (Å²) in [6.07, 6.45) is -4.53. The summed E-state index contributed by atoms with van der Waals surface area (Å²) in [6, 6.07) is 6.45. The molecule has 0 spiro atoms. The number of nitrogens with zero attached hydrogens (tertiary/aromatic N) is 1. The van der Waals surface area contributed by atoms with Gasteiger partial charge in [-0.2, -0.15) is 17.5 Å². The fourth-order valence-electron chi connectivity index (χ4n) is 1.31. The van der Waals surface area contributed by atoms with Crippen LogP contribution in [0.1, 0.15) is 5.69 Å². The molecule has 4 nitrogen and oxygen atoms in total.